The highest BCUT2D eigenvalue weighted by Gasteiger charge is 2.17. The van der Waals surface area contributed by atoms with Crippen molar-refractivity contribution in [2.24, 2.45) is 0 Å². The summed E-state index contributed by atoms with van der Waals surface area (Å²) in [6.45, 7) is 5.92. The van der Waals surface area contributed by atoms with Gasteiger partial charge in [0, 0.05) is 11.3 Å². The van der Waals surface area contributed by atoms with E-state index in [-0.39, 0.29) is 24.8 Å². The number of hydrogen-bond acceptors (Lipinski definition) is 6. The lowest BCUT2D eigenvalue weighted by Crippen LogP contribution is -2.31. The number of aromatic nitrogens is 3. The van der Waals surface area contributed by atoms with Crippen molar-refractivity contribution in [3.8, 4) is 17.1 Å². The van der Waals surface area contributed by atoms with E-state index in [9.17, 15) is 9.59 Å². The van der Waals surface area contributed by atoms with Gasteiger partial charge in [-0.2, -0.15) is 0 Å². The first-order valence-electron chi connectivity index (χ1n) is 9.62. The molecule has 3 aromatic rings. The lowest BCUT2D eigenvalue weighted by atomic mass is 10.1. The fraction of sp³-hybridized carbons (Fsp3) is 0.273. The standard InChI is InChI=1S/C22H24N4O3S/c1-4-29-20(28)13-23-19(27)14-30-22-25-24-21(17-9-5-15(2)6-10-17)26(22)18-11-7-16(3)8-12-18/h5-12H,4,13-14H2,1-3H3,(H,23,27). The molecule has 3 rings (SSSR count). The van der Waals surface area contributed by atoms with E-state index in [0.29, 0.717) is 11.0 Å². The van der Waals surface area contributed by atoms with Gasteiger partial charge in [-0.25, -0.2) is 0 Å². The molecule has 0 spiro atoms. The highest BCUT2D eigenvalue weighted by atomic mass is 32.2. The molecule has 0 aliphatic heterocycles. The Labute approximate surface area is 179 Å². The van der Waals surface area contributed by atoms with Crippen LogP contribution in [0.4, 0.5) is 0 Å². The van der Waals surface area contributed by atoms with Crippen LogP contribution in [0, 0.1) is 13.8 Å². The van der Waals surface area contributed by atoms with Gasteiger partial charge in [0.2, 0.25) is 5.91 Å². The molecule has 0 radical (unpaired) electrons. The van der Waals surface area contributed by atoms with Gasteiger partial charge < -0.3 is 10.1 Å². The number of rotatable bonds is 8. The Balaban J connectivity index is 1.82. The molecule has 2 aromatic carbocycles. The van der Waals surface area contributed by atoms with Crippen molar-refractivity contribution in [2.75, 3.05) is 18.9 Å². The van der Waals surface area contributed by atoms with Crippen molar-refractivity contribution in [3.63, 3.8) is 0 Å². The van der Waals surface area contributed by atoms with Crippen LogP contribution in [0.3, 0.4) is 0 Å². The van der Waals surface area contributed by atoms with Crippen LogP contribution >= 0.6 is 11.8 Å². The van der Waals surface area contributed by atoms with Crippen LogP contribution in [-0.2, 0) is 14.3 Å². The van der Waals surface area contributed by atoms with Gasteiger partial charge in [-0.3, -0.25) is 14.2 Å². The number of nitrogens with zero attached hydrogens (tertiary/aromatic N) is 3. The fourth-order valence-corrected chi connectivity index (χ4v) is 3.53. The van der Waals surface area contributed by atoms with Gasteiger partial charge in [-0.15, -0.1) is 10.2 Å². The minimum absolute atomic E-state index is 0.108. The van der Waals surface area contributed by atoms with Crippen LogP contribution in [0.25, 0.3) is 17.1 Å². The molecule has 30 heavy (non-hydrogen) atoms. The number of amides is 1. The van der Waals surface area contributed by atoms with Gasteiger partial charge in [0.15, 0.2) is 11.0 Å². The number of aryl methyl sites for hydroxylation is 2. The van der Waals surface area contributed by atoms with E-state index < -0.39 is 5.97 Å². The molecule has 0 aliphatic carbocycles. The zero-order chi connectivity index (χ0) is 21.5. The minimum Gasteiger partial charge on any atom is -0.465 e. The van der Waals surface area contributed by atoms with Crippen LogP contribution in [-0.4, -0.2) is 45.5 Å². The van der Waals surface area contributed by atoms with E-state index in [0.717, 1.165) is 22.4 Å². The highest BCUT2D eigenvalue weighted by Crippen LogP contribution is 2.28. The predicted octanol–water partition coefficient (Wildman–Crippen LogP) is 3.32. The molecule has 1 heterocycles. The smallest absolute Gasteiger partial charge is 0.325 e. The topological polar surface area (TPSA) is 86.1 Å². The Morgan fingerprint density at radius 3 is 2.27 bits per heavy atom. The molecule has 0 saturated carbocycles. The molecule has 156 valence electrons. The SMILES string of the molecule is CCOC(=O)CNC(=O)CSc1nnc(-c2ccc(C)cc2)n1-c1ccc(C)cc1. The number of carbonyl (C=O) groups is 2. The van der Waals surface area contributed by atoms with Gasteiger partial charge in [0.05, 0.1) is 12.4 Å². The zero-order valence-electron chi connectivity index (χ0n) is 17.2. The summed E-state index contributed by atoms with van der Waals surface area (Å²) in [6, 6.07) is 16.1. The lowest BCUT2D eigenvalue weighted by Gasteiger charge is -2.11. The number of benzene rings is 2. The average molecular weight is 425 g/mol. The maximum atomic E-state index is 12.1. The Kier molecular flexibility index (Phi) is 7.24. The van der Waals surface area contributed by atoms with Crippen LogP contribution in [0.5, 0.6) is 0 Å². The van der Waals surface area contributed by atoms with E-state index in [1.54, 1.807) is 6.92 Å². The van der Waals surface area contributed by atoms with Crippen molar-refractivity contribution in [1.82, 2.24) is 20.1 Å². The second-order valence-corrected chi connectivity index (χ2v) is 7.66. The molecule has 0 unspecified atom stereocenters. The molecule has 1 N–H and O–H groups in total. The number of hydrogen-bond donors (Lipinski definition) is 1. The number of esters is 1. The summed E-state index contributed by atoms with van der Waals surface area (Å²) in [6.07, 6.45) is 0. The number of carbonyl (C=O) groups excluding carboxylic acids is 2. The Hall–Kier alpha value is -3.13. The zero-order valence-corrected chi connectivity index (χ0v) is 18.0. The van der Waals surface area contributed by atoms with Crippen molar-refractivity contribution in [2.45, 2.75) is 25.9 Å². The van der Waals surface area contributed by atoms with Crippen molar-refractivity contribution < 1.29 is 14.3 Å². The Morgan fingerprint density at radius 2 is 1.63 bits per heavy atom. The summed E-state index contributed by atoms with van der Waals surface area (Å²) in [5.41, 5.74) is 4.16. The quantitative estimate of drug-likeness (QED) is 0.441. The second-order valence-electron chi connectivity index (χ2n) is 6.71. The highest BCUT2D eigenvalue weighted by molar-refractivity contribution is 7.99. The van der Waals surface area contributed by atoms with Gasteiger partial charge in [0.1, 0.15) is 6.54 Å². The first-order chi connectivity index (χ1) is 14.5. The first-order valence-corrected chi connectivity index (χ1v) is 10.6. The molecule has 7 nitrogen and oxygen atoms in total. The summed E-state index contributed by atoms with van der Waals surface area (Å²) in [5, 5.41) is 11.8. The summed E-state index contributed by atoms with van der Waals surface area (Å²) in [4.78, 5) is 23.5. The van der Waals surface area contributed by atoms with E-state index in [2.05, 4.69) is 15.5 Å². The molecule has 0 atom stereocenters. The van der Waals surface area contributed by atoms with Crippen molar-refractivity contribution in [3.05, 3.63) is 59.7 Å². The van der Waals surface area contributed by atoms with E-state index in [1.165, 1.54) is 11.8 Å². The summed E-state index contributed by atoms with van der Waals surface area (Å²) < 4.78 is 6.75. The third kappa shape index (κ3) is 5.48. The van der Waals surface area contributed by atoms with Crippen molar-refractivity contribution >= 4 is 23.6 Å². The fourth-order valence-electron chi connectivity index (χ4n) is 2.74. The molecule has 0 bridgehead atoms. The maximum Gasteiger partial charge on any atom is 0.325 e. The minimum atomic E-state index is -0.458. The van der Waals surface area contributed by atoms with E-state index >= 15 is 0 Å². The third-order valence-corrected chi connectivity index (χ3v) is 5.23. The largest absolute Gasteiger partial charge is 0.465 e. The Morgan fingerprint density at radius 1 is 1.00 bits per heavy atom. The molecule has 1 aromatic heterocycles. The number of nitrogens with one attached hydrogen (secondary N) is 1. The van der Waals surface area contributed by atoms with Gasteiger partial charge >= 0.3 is 5.97 Å². The van der Waals surface area contributed by atoms with Gasteiger partial charge in [0.25, 0.3) is 0 Å². The van der Waals surface area contributed by atoms with Gasteiger partial charge in [-0.1, -0.05) is 59.3 Å². The molecular weight excluding hydrogens is 400 g/mol. The van der Waals surface area contributed by atoms with Crippen LogP contribution in [0.15, 0.2) is 53.7 Å². The predicted molar refractivity (Wildman–Crippen MR) is 117 cm³/mol. The molecule has 0 saturated heterocycles. The number of thioether (sulfide) groups is 1. The van der Waals surface area contributed by atoms with Crippen molar-refractivity contribution in [1.29, 1.82) is 0 Å². The van der Waals surface area contributed by atoms with Crippen LogP contribution in [0.2, 0.25) is 0 Å². The normalized spacial score (nSPS) is 10.6. The van der Waals surface area contributed by atoms with E-state index in [1.807, 2.05) is 66.9 Å². The third-order valence-electron chi connectivity index (χ3n) is 4.30. The van der Waals surface area contributed by atoms with Crippen LogP contribution in [0.1, 0.15) is 18.1 Å². The lowest BCUT2D eigenvalue weighted by molar-refractivity contribution is -0.143. The Bertz CT molecular complexity index is 1010. The first kappa shape index (κ1) is 21.6. The maximum absolute atomic E-state index is 12.1. The average Bonchev–Trinajstić information content (AvgIpc) is 3.16. The molecule has 8 heteroatoms. The summed E-state index contributed by atoms with van der Waals surface area (Å²) in [5.74, 6) is 0.0779. The summed E-state index contributed by atoms with van der Waals surface area (Å²) in [7, 11) is 0. The molecule has 0 aliphatic rings. The molecular formula is C22H24N4O3S. The number of ether oxygens (including phenoxy) is 1. The second kappa shape index (κ2) is 10.1. The van der Waals surface area contributed by atoms with Gasteiger partial charge in [-0.05, 0) is 32.9 Å². The molecule has 1 amide bonds. The monoisotopic (exact) mass is 424 g/mol. The molecule has 0 fully saturated rings. The van der Waals surface area contributed by atoms with E-state index in [4.69, 9.17) is 4.74 Å². The summed E-state index contributed by atoms with van der Waals surface area (Å²) >= 11 is 1.26. The van der Waals surface area contributed by atoms with Crippen LogP contribution < -0.4 is 5.32 Å².